The summed E-state index contributed by atoms with van der Waals surface area (Å²) in [6, 6.07) is 3.55. The normalized spacial score (nSPS) is 8.76. The molecule has 0 spiro atoms. The Morgan fingerprint density at radius 1 is 1.19 bits per heavy atom. The SMILES string of the molecule is CC.CC.O=C(O)CC[n+]1ccc(-c2ncccn2)cn1. The average molecular weight is 291 g/mol. The zero-order valence-corrected chi connectivity index (χ0v) is 13.0. The van der Waals surface area contributed by atoms with Gasteiger partial charge >= 0.3 is 5.97 Å². The second-order valence-corrected chi connectivity index (χ2v) is 3.39. The van der Waals surface area contributed by atoms with Crippen LogP contribution in [0.25, 0.3) is 11.4 Å². The van der Waals surface area contributed by atoms with Crippen molar-refractivity contribution >= 4 is 5.97 Å². The molecule has 2 aromatic heterocycles. The maximum absolute atomic E-state index is 10.4. The number of hydrogen-bond acceptors (Lipinski definition) is 4. The van der Waals surface area contributed by atoms with E-state index in [2.05, 4.69) is 15.1 Å². The first kappa shape index (κ1) is 18.6. The monoisotopic (exact) mass is 291 g/mol. The Kier molecular flexibility index (Phi) is 10.2. The van der Waals surface area contributed by atoms with E-state index in [0.717, 1.165) is 5.56 Å². The summed E-state index contributed by atoms with van der Waals surface area (Å²) >= 11 is 0. The second kappa shape index (κ2) is 11.5. The van der Waals surface area contributed by atoms with Gasteiger partial charge in [-0.05, 0) is 11.2 Å². The molecular formula is C15H23N4O2+. The number of rotatable bonds is 4. The minimum absolute atomic E-state index is 0.0544. The fourth-order valence-corrected chi connectivity index (χ4v) is 1.31. The zero-order chi connectivity index (χ0) is 16.1. The van der Waals surface area contributed by atoms with Crippen molar-refractivity contribution in [3.8, 4) is 11.4 Å². The predicted molar refractivity (Wildman–Crippen MR) is 80.4 cm³/mol. The van der Waals surface area contributed by atoms with Gasteiger partial charge in [0.2, 0.25) is 0 Å². The minimum atomic E-state index is -0.838. The van der Waals surface area contributed by atoms with E-state index in [1.54, 1.807) is 35.5 Å². The minimum Gasteiger partial charge on any atom is -0.481 e. The van der Waals surface area contributed by atoms with Gasteiger partial charge in [-0.2, -0.15) is 0 Å². The summed E-state index contributed by atoms with van der Waals surface area (Å²) in [6.45, 7) is 8.35. The van der Waals surface area contributed by atoms with E-state index in [1.165, 1.54) is 0 Å². The average Bonchev–Trinajstić information content (AvgIpc) is 2.58. The zero-order valence-electron chi connectivity index (χ0n) is 13.0. The van der Waals surface area contributed by atoms with Crippen molar-refractivity contribution < 1.29 is 14.6 Å². The third kappa shape index (κ3) is 7.10. The van der Waals surface area contributed by atoms with Crippen LogP contribution in [0.4, 0.5) is 0 Å². The number of hydrogen-bond donors (Lipinski definition) is 1. The number of nitrogens with zero attached hydrogens (tertiary/aromatic N) is 4. The van der Waals surface area contributed by atoms with Gasteiger partial charge in [-0.25, -0.2) is 9.97 Å². The second-order valence-electron chi connectivity index (χ2n) is 3.39. The van der Waals surface area contributed by atoms with E-state index in [0.29, 0.717) is 12.4 Å². The van der Waals surface area contributed by atoms with Crippen molar-refractivity contribution in [1.82, 2.24) is 15.1 Å². The number of carboxylic acid groups (broad SMARTS) is 1. The molecular weight excluding hydrogens is 268 g/mol. The molecule has 0 amide bonds. The number of aromatic nitrogens is 4. The van der Waals surface area contributed by atoms with Crippen molar-refractivity contribution in [3.05, 3.63) is 36.9 Å². The van der Waals surface area contributed by atoms with E-state index in [9.17, 15) is 4.79 Å². The molecule has 0 aliphatic heterocycles. The lowest BCUT2D eigenvalue weighted by Crippen LogP contribution is -2.38. The van der Waals surface area contributed by atoms with Crippen LogP contribution >= 0.6 is 0 Å². The van der Waals surface area contributed by atoms with Crippen LogP contribution < -0.4 is 4.68 Å². The molecule has 0 atom stereocenters. The number of aliphatic carboxylic acids is 1. The standard InChI is InChI=1S/C11H10N4O2.2C2H6/c16-10(17)3-7-15-6-2-9(8-14-15)11-12-4-1-5-13-11;2*1-2/h1-2,4-6,8H,3,7H2;2*1-2H3/p+1. The summed E-state index contributed by atoms with van der Waals surface area (Å²) in [5.41, 5.74) is 0.803. The smallest absolute Gasteiger partial charge is 0.309 e. The third-order valence-corrected chi connectivity index (χ3v) is 2.15. The molecule has 0 unspecified atom stereocenters. The molecule has 0 aliphatic carbocycles. The Morgan fingerprint density at radius 2 is 1.81 bits per heavy atom. The van der Waals surface area contributed by atoms with Crippen LogP contribution in [0.1, 0.15) is 34.1 Å². The van der Waals surface area contributed by atoms with Gasteiger partial charge in [0.15, 0.2) is 18.6 Å². The molecule has 6 nitrogen and oxygen atoms in total. The maximum Gasteiger partial charge on any atom is 0.309 e. The van der Waals surface area contributed by atoms with Crippen LogP contribution in [0.5, 0.6) is 0 Å². The molecule has 2 aromatic rings. The molecule has 2 rings (SSSR count). The Balaban J connectivity index is 0.000000921. The van der Waals surface area contributed by atoms with Crippen LogP contribution in [-0.2, 0) is 11.3 Å². The summed E-state index contributed by atoms with van der Waals surface area (Å²) in [7, 11) is 0. The summed E-state index contributed by atoms with van der Waals surface area (Å²) < 4.78 is 1.57. The maximum atomic E-state index is 10.4. The van der Waals surface area contributed by atoms with E-state index >= 15 is 0 Å². The van der Waals surface area contributed by atoms with E-state index in [-0.39, 0.29) is 6.42 Å². The highest BCUT2D eigenvalue weighted by molar-refractivity contribution is 5.66. The molecule has 0 saturated carbocycles. The highest BCUT2D eigenvalue weighted by Gasteiger charge is 2.08. The van der Waals surface area contributed by atoms with Crippen LogP contribution in [0.15, 0.2) is 36.9 Å². The summed E-state index contributed by atoms with van der Waals surface area (Å²) in [4.78, 5) is 18.6. The van der Waals surface area contributed by atoms with Gasteiger partial charge in [-0.3, -0.25) is 4.79 Å². The molecule has 6 heteroatoms. The molecule has 0 radical (unpaired) electrons. The lowest BCUT2D eigenvalue weighted by atomic mass is 10.3. The lowest BCUT2D eigenvalue weighted by molar-refractivity contribution is -0.752. The quantitative estimate of drug-likeness (QED) is 0.875. The Hall–Kier alpha value is -2.37. The number of aryl methyl sites for hydroxylation is 1. The topological polar surface area (TPSA) is 79.9 Å². The van der Waals surface area contributed by atoms with Gasteiger partial charge in [-0.15, -0.1) is 0 Å². The third-order valence-electron chi connectivity index (χ3n) is 2.15. The first-order valence-electron chi connectivity index (χ1n) is 7.10. The fraction of sp³-hybridized carbons (Fsp3) is 0.400. The molecule has 21 heavy (non-hydrogen) atoms. The van der Waals surface area contributed by atoms with Gasteiger partial charge < -0.3 is 5.11 Å². The van der Waals surface area contributed by atoms with Gasteiger partial charge in [0.1, 0.15) is 12.6 Å². The molecule has 0 aromatic carbocycles. The van der Waals surface area contributed by atoms with Gasteiger partial charge in [0, 0.05) is 24.0 Å². The summed E-state index contributed by atoms with van der Waals surface area (Å²) in [6.07, 6.45) is 6.71. The van der Waals surface area contributed by atoms with Gasteiger partial charge in [-0.1, -0.05) is 32.4 Å². The van der Waals surface area contributed by atoms with Crippen molar-refractivity contribution in [1.29, 1.82) is 0 Å². The van der Waals surface area contributed by atoms with Crippen molar-refractivity contribution in [2.75, 3.05) is 0 Å². The largest absolute Gasteiger partial charge is 0.481 e. The van der Waals surface area contributed by atoms with E-state index < -0.39 is 5.97 Å². The van der Waals surface area contributed by atoms with Crippen LogP contribution in [0.3, 0.4) is 0 Å². The molecule has 2 heterocycles. The van der Waals surface area contributed by atoms with E-state index in [4.69, 9.17) is 5.11 Å². The van der Waals surface area contributed by atoms with Crippen LogP contribution in [0, 0.1) is 0 Å². The first-order valence-corrected chi connectivity index (χ1v) is 7.10. The van der Waals surface area contributed by atoms with E-state index in [1.807, 2.05) is 33.8 Å². The number of carboxylic acids is 1. The van der Waals surface area contributed by atoms with Crippen molar-refractivity contribution in [2.45, 2.75) is 40.7 Å². The van der Waals surface area contributed by atoms with Gasteiger partial charge in [0.05, 0.1) is 0 Å². The van der Waals surface area contributed by atoms with Crippen molar-refractivity contribution in [3.63, 3.8) is 0 Å². The molecule has 0 fully saturated rings. The Morgan fingerprint density at radius 3 is 2.29 bits per heavy atom. The molecule has 1 N–H and O–H groups in total. The first-order chi connectivity index (χ1) is 10.3. The van der Waals surface area contributed by atoms with Crippen LogP contribution in [-0.4, -0.2) is 26.1 Å². The van der Waals surface area contributed by atoms with Crippen molar-refractivity contribution in [2.24, 2.45) is 0 Å². The summed E-state index contributed by atoms with van der Waals surface area (Å²) in [5.74, 6) is -0.236. The van der Waals surface area contributed by atoms with Crippen LogP contribution in [0.2, 0.25) is 0 Å². The molecule has 0 saturated heterocycles. The highest BCUT2D eigenvalue weighted by Crippen LogP contribution is 2.08. The number of carbonyl (C=O) groups is 1. The fourth-order valence-electron chi connectivity index (χ4n) is 1.31. The Labute approximate surface area is 125 Å². The Bertz CT molecular complexity index is 501. The highest BCUT2D eigenvalue weighted by atomic mass is 16.4. The molecule has 114 valence electrons. The molecule has 0 aliphatic rings. The lowest BCUT2D eigenvalue weighted by Gasteiger charge is -1.96. The summed E-state index contributed by atoms with van der Waals surface area (Å²) in [5, 5.41) is 12.6. The predicted octanol–water partition coefficient (Wildman–Crippen LogP) is 2.35. The molecule has 0 bridgehead atoms. The van der Waals surface area contributed by atoms with Gasteiger partial charge in [0.25, 0.3) is 0 Å².